The Labute approximate surface area is 94.0 Å². The van der Waals surface area contributed by atoms with Gasteiger partial charge in [-0.05, 0) is 25.2 Å². The average molecular weight is 222 g/mol. The van der Waals surface area contributed by atoms with E-state index in [4.69, 9.17) is 10.5 Å². The number of nitrogens with two attached hydrogens (primary N) is 1. The summed E-state index contributed by atoms with van der Waals surface area (Å²) in [4.78, 5) is 0. The van der Waals surface area contributed by atoms with Crippen molar-refractivity contribution < 1.29 is 4.74 Å². The van der Waals surface area contributed by atoms with Gasteiger partial charge in [-0.2, -0.15) is 0 Å². The number of ether oxygens (including phenoxy) is 1. The Kier molecular flexibility index (Phi) is 8.64. The van der Waals surface area contributed by atoms with E-state index >= 15 is 0 Å². The molecule has 0 bridgehead atoms. The van der Waals surface area contributed by atoms with Crippen LogP contribution < -0.4 is 5.73 Å². The highest BCUT2D eigenvalue weighted by Crippen LogP contribution is 2.23. The molecule has 0 spiro atoms. The third-order valence-corrected chi connectivity index (χ3v) is 2.93. The molecule has 1 aliphatic rings. The number of hydrogen-bond acceptors (Lipinski definition) is 2. The van der Waals surface area contributed by atoms with Gasteiger partial charge in [0, 0.05) is 12.6 Å². The second-order valence-corrected chi connectivity index (χ2v) is 4.21. The minimum absolute atomic E-state index is 0. The van der Waals surface area contributed by atoms with Gasteiger partial charge >= 0.3 is 0 Å². The number of rotatable bonds is 5. The van der Waals surface area contributed by atoms with Crippen molar-refractivity contribution in [1.82, 2.24) is 0 Å². The quantitative estimate of drug-likeness (QED) is 0.775. The maximum atomic E-state index is 5.76. The first-order valence-electron chi connectivity index (χ1n) is 5.66. The van der Waals surface area contributed by atoms with Crippen LogP contribution in [0.5, 0.6) is 0 Å². The molecule has 1 saturated carbocycles. The fourth-order valence-corrected chi connectivity index (χ4v) is 1.86. The minimum Gasteiger partial charge on any atom is -0.380 e. The van der Waals surface area contributed by atoms with E-state index in [1.165, 1.54) is 32.1 Å². The molecule has 0 heterocycles. The predicted molar refractivity (Wildman–Crippen MR) is 62.9 cm³/mol. The fraction of sp³-hybridized carbons (Fsp3) is 1.00. The van der Waals surface area contributed by atoms with Crippen LogP contribution in [-0.2, 0) is 4.74 Å². The van der Waals surface area contributed by atoms with Crippen LogP contribution in [0.2, 0.25) is 0 Å². The summed E-state index contributed by atoms with van der Waals surface area (Å²) < 4.78 is 5.60. The third-order valence-electron chi connectivity index (χ3n) is 2.93. The van der Waals surface area contributed by atoms with E-state index in [0.29, 0.717) is 0 Å². The second-order valence-electron chi connectivity index (χ2n) is 4.21. The molecule has 0 aliphatic heterocycles. The lowest BCUT2D eigenvalue weighted by atomic mass is 9.90. The van der Waals surface area contributed by atoms with Gasteiger partial charge in [-0.15, -0.1) is 12.4 Å². The lowest BCUT2D eigenvalue weighted by molar-refractivity contribution is 0.0754. The van der Waals surface area contributed by atoms with Crippen LogP contribution in [0.15, 0.2) is 0 Å². The molecule has 0 aromatic carbocycles. The number of hydrogen-bond donors (Lipinski definition) is 1. The molecule has 0 radical (unpaired) electrons. The molecule has 0 aromatic rings. The van der Waals surface area contributed by atoms with Crippen LogP contribution >= 0.6 is 12.4 Å². The molecular formula is C11H24ClNO. The van der Waals surface area contributed by atoms with Gasteiger partial charge in [-0.25, -0.2) is 0 Å². The maximum absolute atomic E-state index is 5.76. The summed E-state index contributed by atoms with van der Waals surface area (Å²) in [7, 11) is 0. The zero-order valence-electron chi connectivity index (χ0n) is 9.21. The molecule has 1 unspecified atom stereocenters. The maximum Gasteiger partial charge on any atom is 0.0617 e. The van der Waals surface area contributed by atoms with Gasteiger partial charge in [0.2, 0.25) is 0 Å². The van der Waals surface area contributed by atoms with Crippen LogP contribution in [0.4, 0.5) is 0 Å². The van der Waals surface area contributed by atoms with Crippen molar-refractivity contribution in [3.63, 3.8) is 0 Å². The van der Waals surface area contributed by atoms with E-state index in [-0.39, 0.29) is 18.4 Å². The molecule has 3 heteroatoms. The molecule has 0 aromatic heterocycles. The highest BCUT2D eigenvalue weighted by atomic mass is 35.5. The highest BCUT2D eigenvalue weighted by molar-refractivity contribution is 5.85. The molecule has 1 aliphatic carbocycles. The molecule has 86 valence electrons. The Morgan fingerprint density at radius 1 is 1.29 bits per heavy atom. The fourth-order valence-electron chi connectivity index (χ4n) is 1.86. The summed E-state index contributed by atoms with van der Waals surface area (Å²) in [6.07, 6.45) is 7.96. The largest absolute Gasteiger partial charge is 0.380 e. The monoisotopic (exact) mass is 221 g/mol. The van der Waals surface area contributed by atoms with E-state index in [0.717, 1.165) is 25.6 Å². The Morgan fingerprint density at radius 3 is 2.50 bits per heavy atom. The van der Waals surface area contributed by atoms with Gasteiger partial charge < -0.3 is 10.5 Å². The van der Waals surface area contributed by atoms with Crippen LogP contribution in [-0.4, -0.2) is 19.3 Å². The smallest absolute Gasteiger partial charge is 0.0617 e. The first-order chi connectivity index (χ1) is 6.33. The second kappa shape index (κ2) is 8.51. The lowest BCUT2D eigenvalue weighted by Gasteiger charge is -2.22. The van der Waals surface area contributed by atoms with Gasteiger partial charge in [0.1, 0.15) is 0 Å². The molecule has 0 amide bonds. The zero-order chi connectivity index (χ0) is 9.52. The van der Waals surface area contributed by atoms with Crippen LogP contribution in [0.25, 0.3) is 0 Å². The molecule has 2 N–H and O–H groups in total. The van der Waals surface area contributed by atoms with Crippen molar-refractivity contribution in [2.24, 2.45) is 11.7 Å². The van der Waals surface area contributed by atoms with Gasteiger partial charge in [0.25, 0.3) is 0 Å². The summed E-state index contributed by atoms with van der Waals surface area (Å²) in [6, 6.07) is 0.239. The molecule has 2 nitrogen and oxygen atoms in total. The van der Waals surface area contributed by atoms with Crippen molar-refractivity contribution in [3.8, 4) is 0 Å². The normalized spacial score (nSPS) is 20.1. The molecule has 1 rings (SSSR count). The van der Waals surface area contributed by atoms with Crippen molar-refractivity contribution in [2.75, 3.05) is 13.2 Å². The minimum atomic E-state index is 0. The third kappa shape index (κ3) is 5.84. The van der Waals surface area contributed by atoms with E-state index in [9.17, 15) is 0 Å². The van der Waals surface area contributed by atoms with Crippen molar-refractivity contribution >= 4 is 12.4 Å². The lowest BCUT2D eigenvalue weighted by Crippen LogP contribution is -2.26. The van der Waals surface area contributed by atoms with Crippen LogP contribution in [0, 0.1) is 5.92 Å². The Hall–Kier alpha value is 0.210. The average Bonchev–Trinajstić information content (AvgIpc) is 2.19. The van der Waals surface area contributed by atoms with Crippen molar-refractivity contribution in [3.05, 3.63) is 0 Å². The van der Waals surface area contributed by atoms with Gasteiger partial charge in [-0.1, -0.05) is 26.2 Å². The van der Waals surface area contributed by atoms with Gasteiger partial charge in [0.05, 0.1) is 6.61 Å². The first kappa shape index (κ1) is 14.2. The van der Waals surface area contributed by atoms with E-state index in [2.05, 4.69) is 6.92 Å². The Morgan fingerprint density at radius 2 is 1.93 bits per heavy atom. The summed E-state index contributed by atoms with van der Waals surface area (Å²) >= 11 is 0. The summed E-state index contributed by atoms with van der Waals surface area (Å²) in [5.74, 6) is 0.817. The standard InChI is InChI=1S/C11H23NO.ClH/c1-2-11(12)9-13-8-10-6-4-3-5-7-10;/h10-11H,2-9,12H2,1H3;1H. The summed E-state index contributed by atoms with van der Waals surface area (Å²) in [5.41, 5.74) is 5.76. The molecule has 14 heavy (non-hydrogen) atoms. The van der Waals surface area contributed by atoms with Gasteiger partial charge in [-0.3, -0.25) is 0 Å². The van der Waals surface area contributed by atoms with Crippen LogP contribution in [0.1, 0.15) is 45.4 Å². The summed E-state index contributed by atoms with van der Waals surface area (Å²) in [6.45, 7) is 3.79. The van der Waals surface area contributed by atoms with Crippen LogP contribution in [0.3, 0.4) is 0 Å². The zero-order valence-corrected chi connectivity index (χ0v) is 10.0. The molecular weight excluding hydrogens is 198 g/mol. The van der Waals surface area contributed by atoms with Crippen molar-refractivity contribution in [2.45, 2.75) is 51.5 Å². The predicted octanol–water partition coefficient (Wildman–Crippen LogP) is 2.74. The van der Waals surface area contributed by atoms with E-state index < -0.39 is 0 Å². The van der Waals surface area contributed by atoms with Gasteiger partial charge in [0.15, 0.2) is 0 Å². The van der Waals surface area contributed by atoms with E-state index in [1.807, 2.05) is 0 Å². The Balaban J connectivity index is 0.00000169. The SMILES string of the molecule is CCC(N)COCC1CCCCC1.Cl. The highest BCUT2D eigenvalue weighted by Gasteiger charge is 2.13. The summed E-state index contributed by atoms with van der Waals surface area (Å²) in [5, 5.41) is 0. The first-order valence-corrected chi connectivity index (χ1v) is 5.66. The van der Waals surface area contributed by atoms with Crippen molar-refractivity contribution in [1.29, 1.82) is 0 Å². The topological polar surface area (TPSA) is 35.2 Å². The van der Waals surface area contributed by atoms with E-state index in [1.54, 1.807) is 0 Å². The number of halogens is 1. The Bertz CT molecular complexity index is 126. The molecule has 1 atom stereocenters. The molecule has 0 saturated heterocycles. The molecule has 1 fully saturated rings.